The van der Waals surface area contributed by atoms with Crippen LogP contribution in [-0.4, -0.2) is 26.2 Å². The summed E-state index contributed by atoms with van der Waals surface area (Å²) in [5.74, 6) is -0.919. The van der Waals surface area contributed by atoms with Gasteiger partial charge in [-0.05, 0) is 24.6 Å². The van der Waals surface area contributed by atoms with Gasteiger partial charge in [0.1, 0.15) is 10.7 Å². The van der Waals surface area contributed by atoms with Gasteiger partial charge in [0.2, 0.25) is 10.0 Å². The Morgan fingerprint density at radius 1 is 1.53 bits per heavy atom. The maximum Gasteiger partial charge on any atom is 0.243 e. The summed E-state index contributed by atoms with van der Waals surface area (Å²) in [6.45, 7) is 1.37. The van der Waals surface area contributed by atoms with Crippen molar-refractivity contribution >= 4 is 21.6 Å². The van der Waals surface area contributed by atoms with E-state index in [1.165, 1.54) is 6.07 Å². The van der Waals surface area contributed by atoms with E-state index < -0.39 is 26.8 Å². The van der Waals surface area contributed by atoms with E-state index in [1.807, 2.05) is 0 Å². The molecule has 1 aromatic rings. The predicted molar refractivity (Wildman–Crippen MR) is 62.9 cm³/mol. The first-order chi connectivity index (χ1) is 7.90. The van der Waals surface area contributed by atoms with Crippen LogP contribution in [0.5, 0.6) is 0 Å². The maximum absolute atomic E-state index is 13.4. The molecule has 0 bridgehead atoms. The molecule has 0 saturated carbocycles. The van der Waals surface area contributed by atoms with Gasteiger partial charge in [0.05, 0.1) is 6.61 Å². The van der Waals surface area contributed by atoms with Gasteiger partial charge in [0.15, 0.2) is 0 Å². The molecule has 1 rings (SSSR count). The van der Waals surface area contributed by atoms with Gasteiger partial charge >= 0.3 is 0 Å². The van der Waals surface area contributed by atoms with Crippen molar-refractivity contribution in [3.05, 3.63) is 29.0 Å². The number of halogens is 2. The summed E-state index contributed by atoms with van der Waals surface area (Å²) in [7, 11) is -3.97. The van der Waals surface area contributed by atoms with Gasteiger partial charge in [-0.2, -0.15) is 0 Å². The minimum atomic E-state index is -3.97. The summed E-state index contributed by atoms with van der Waals surface area (Å²) >= 11 is 5.53. The summed E-state index contributed by atoms with van der Waals surface area (Å²) in [6, 6.07) is 2.68. The van der Waals surface area contributed by atoms with Crippen LogP contribution >= 0.6 is 11.6 Å². The van der Waals surface area contributed by atoms with Crippen LogP contribution in [0.4, 0.5) is 4.39 Å². The molecule has 0 heterocycles. The van der Waals surface area contributed by atoms with E-state index in [0.29, 0.717) is 6.42 Å². The van der Waals surface area contributed by atoms with Crippen LogP contribution in [0.15, 0.2) is 23.1 Å². The Kier molecular flexibility index (Phi) is 4.88. The summed E-state index contributed by atoms with van der Waals surface area (Å²) in [5.41, 5.74) is 0. The molecule has 1 unspecified atom stereocenters. The first-order valence-corrected chi connectivity index (χ1v) is 6.85. The van der Waals surface area contributed by atoms with Crippen LogP contribution in [-0.2, 0) is 10.0 Å². The van der Waals surface area contributed by atoms with Gasteiger partial charge in [-0.1, -0.05) is 18.5 Å². The van der Waals surface area contributed by atoms with Crippen molar-refractivity contribution in [1.82, 2.24) is 4.72 Å². The van der Waals surface area contributed by atoms with Gasteiger partial charge in [-0.25, -0.2) is 17.5 Å². The average Bonchev–Trinajstić information content (AvgIpc) is 2.25. The van der Waals surface area contributed by atoms with Gasteiger partial charge in [-0.15, -0.1) is 0 Å². The van der Waals surface area contributed by atoms with Crippen molar-refractivity contribution in [2.75, 3.05) is 6.61 Å². The summed E-state index contributed by atoms with van der Waals surface area (Å²) in [4.78, 5) is -0.478. The minimum absolute atomic E-state index is 0.121. The largest absolute Gasteiger partial charge is 0.395 e. The molecular formula is C10H13ClFNO3S. The maximum atomic E-state index is 13.4. The first kappa shape index (κ1) is 14.4. The van der Waals surface area contributed by atoms with Crippen molar-refractivity contribution in [2.45, 2.75) is 24.3 Å². The number of hydrogen-bond donors (Lipinski definition) is 2. The number of hydrogen-bond acceptors (Lipinski definition) is 3. The average molecular weight is 282 g/mol. The number of sulfonamides is 1. The summed E-state index contributed by atoms with van der Waals surface area (Å²) in [5, 5.41) is 9.03. The Hall–Kier alpha value is -0.690. The van der Waals surface area contributed by atoms with E-state index in [9.17, 15) is 12.8 Å². The molecule has 0 fully saturated rings. The fourth-order valence-corrected chi connectivity index (χ4v) is 2.75. The zero-order valence-corrected chi connectivity index (χ0v) is 10.7. The van der Waals surface area contributed by atoms with E-state index >= 15 is 0 Å². The molecule has 0 amide bonds. The second kappa shape index (κ2) is 5.77. The van der Waals surface area contributed by atoms with E-state index in [0.717, 1.165) is 12.1 Å². The third kappa shape index (κ3) is 3.64. The lowest BCUT2D eigenvalue weighted by molar-refractivity contribution is 0.253. The third-order valence-corrected chi connectivity index (χ3v) is 4.01. The molecule has 0 aliphatic rings. The van der Waals surface area contributed by atoms with Crippen LogP contribution in [0.1, 0.15) is 13.3 Å². The fourth-order valence-electron chi connectivity index (χ4n) is 1.23. The topological polar surface area (TPSA) is 66.4 Å². The van der Waals surface area contributed by atoms with Gasteiger partial charge < -0.3 is 5.11 Å². The van der Waals surface area contributed by atoms with Gasteiger partial charge in [0.25, 0.3) is 0 Å². The lowest BCUT2D eigenvalue weighted by atomic mass is 10.3. The van der Waals surface area contributed by atoms with Crippen LogP contribution in [0.3, 0.4) is 0 Å². The highest BCUT2D eigenvalue weighted by atomic mass is 35.5. The molecular weight excluding hydrogens is 269 g/mol. The Morgan fingerprint density at radius 2 is 2.18 bits per heavy atom. The van der Waals surface area contributed by atoms with Crippen LogP contribution in [0.25, 0.3) is 0 Å². The van der Waals surface area contributed by atoms with Crippen molar-refractivity contribution in [3.63, 3.8) is 0 Å². The Morgan fingerprint density at radius 3 is 2.65 bits per heavy atom. The zero-order chi connectivity index (χ0) is 13.1. The molecule has 96 valence electrons. The van der Waals surface area contributed by atoms with Crippen molar-refractivity contribution in [2.24, 2.45) is 0 Å². The van der Waals surface area contributed by atoms with E-state index in [4.69, 9.17) is 16.7 Å². The quantitative estimate of drug-likeness (QED) is 0.860. The molecule has 0 aliphatic heterocycles. The highest BCUT2D eigenvalue weighted by Crippen LogP contribution is 2.19. The second-order valence-electron chi connectivity index (χ2n) is 3.48. The third-order valence-electron chi connectivity index (χ3n) is 2.22. The summed E-state index contributed by atoms with van der Waals surface area (Å²) < 4.78 is 39.2. The number of rotatable bonds is 5. The molecule has 17 heavy (non-hydrogen) atoms. The predicted octanol–water partition coefficient (Wildman–Crippen LogP) is 1.53. The van der Waals surface area contributed by atoms with Gasteiger partial charge in [-0.3, -0.25) is 0 Å². The molecule has 0 saturated heterocycles. The number of benzene rings is 1. The fraction of sp³-hybridized carbons (Fsp3) is 0.400. The van der Waals surface area contributed by atoms with E-state index in [-0.39, 0.29) is 11.6 Å². The monoisotopic (exact) mass is 281 g/mol. The second-order valence-corrected chi connectivity index (χ2v) is 5.60. The summed E-state index contributed by atoms with van der Waals surface area (Å²) in [6.07, 6.45) is 0.408. The standard InChI is InChI=1S/C10H13ClFNO3S/c1-2-8(6-14)13-17(15,16)10-4-3-7(11)5-9(10)12/h3-5,8,13-14H,2,6H2,1H3. The first-order valence-electron chi connectivity index (χ1n) is 4.99. The molecule has 1 atom stereocenters. The smallest absolute Gasteiger partial charge is 0.243 e. The van der Waals surface area contributed by atoms with Crippen molar-refractivity contribution in [3.8, 4) is 0 Å². The molecule has 0 radical (unpaired) electrons. The zero-order valence-electron chi connectivity index (χ0n) is 9.15. The van der Waals surface area contributed by atoms with Crippen molar-refractivity contribution in [1.29, 1.82) is 0 Å². The number of nitrogens with one attached hydrogen (secondary N) is 1. The normalized spacial score (nSPS) is 13.6. The molecule has 0 aromatic heterocycles. The van der Waals surface area contributed by atoms with Crippen LogP contribution in [0, 0.1) is 5.82 Å². The SMILES string of the molecule is CCC(CO)NS(=O)(=O)c1ccc(Cl)cc1F. The number of aliphatic hydroxyl groups excluding tert-OH is 1. The van der Waals surface area contributed by atoms with E-state index in [1.54, 1.807) is 6.92 Å². The molecule has 7 heteroatoms. The molecule has 2 N–H and O–H groups in total. The molecule has 0 aliphatic carbocycles. The van der Waals surface area contributed by atoms with Crippen molar-refractivity contribution < 1.29 is 17.9 Å². The Labute approximate surface area is 104 Å². The van der Waals surface area contributed by atoms with Gasteiger partial charge in [0, 0.05) is 11.1 Å². The van der Waals surface area contributed by atoms with Crippen LogP contribution in [0.2, 0.25) is 5.02 Å². The Bertz CT molecular complexity index is 488. The molecule has 1 aromatic carbocycles. The highest BCUT2D eigenvalue weighted by molar-refractivity contribution is 7.89. The lowest BCUT2D eigenvalue weighted by Crippen LogP contribution is -2.37. The van der Waals surface area contributed by atoms with E-state index in [2.05, 4.69) is 4.72 Å². The number of aliphatic hydroxyl groups is 1. The Balaban J connectivity index is 3.05. The molecule has 4 nitrogen and oxygen atoms in total. The minimum Gasteiger partial charge on any atom is -0.395 e. The van der Waals surface area contributed by atoms with Crippen LogP contribution < -0.4 is 4.72 Å². The molecule has 0 spiro atoms. The lowest BCUT2D eigenvalue weighted by Gasteiger charge is -2.14. The highest BCUT2D eigenvalue weighted by Gasteiger charge is 2.22.